The quantitative estimate of drug-likeness (QED) is 0.887. The predicted octanol–water partition coefficient (Wildman–Crippen LogP) is 3.13. The summed E-state index contributed by atoms with van der Waals surface area (Å²) < 4.78 is 6.72. The van der Waals surface area contributed by atoms with Crippen molar-refractivity contribution < 1.29 is 4.74 Å². The van der Waals surface area contributed by atoms with Crippen molar-refractivity contribution in [1.82, 2.24) is 4.90 Å². The molecule has 21 heavy (non-hydrogen) atoms. The highest BCUT2D eigenvalue weighted by atomic mass is 79.9. The number of ether oxygens (including phenoxy) is 1. The van der Waals surface area contributed by atoms with E-state index in [2.05, 4.69) is 32.7 Å². The van der Waals surface area contributed by atoms with Crippen LogP contribution in [0.25, 0.3) is 0 Å². The fourth-order valence-corrected chi connectivity index (χ4v) is 3.98. The molecule has 0 amide bonds. The van der Waals surface area contributed by atoms with Gasteiger partial charge in [-0.3, -0.25) is 4.99 Å². The third-order valence-electron chi connectivity index (χ3n) is 4.34. The molecule has 2 heterocycles. The van der Waals surface area contributed by atoms with E-state index < -0.39 is 0 Å². The van der Waals surface area contributed by atoms with Gasteiger partial charge >= 0.3 is 0 Å². The van der Waals surface area contributed by atoms with Gasteiger partial charge in [0.1, 0.15) is 0 Å². The van der Waals surface area contributed by atoms with Crippen LogP contribution in [0.15, 0.2) is 27.7 Å². The summed E-state index contributed by atoms with van der Waals surface area (Å²) in [5.41, 5.74) is 6.86. The van der Waals surface area contributed by atoms with Gasteiger partial charge in [-0.05, 0) is 37.5 Å². The molecule has 0 aromatic heterocycles. The van der Waals surface area contributed by atoms with Gasteiger partial charge in [-0.25, -0.2) is 0 Å². The molecule has 1 fully saturated rings. The highest BCUT2D eigenvalue weighted by Crippen LogP contribution is 2.38. The Labute approximate surface area is 138 Å². The fourth-order valence-electron chi connectivity index (χ4n) is 3.10. The van der Waals surface area contributed by atoms with E-state index in [1.807, 2.05) is 18.2 Å². The van der Waals surface area contributed by atoms with Gasteiger partial charge in [-0.1, -0.05) is 33.6 Å². The molecule has 4 nitrogen and oxygen atoms in total. The Morgan fingerprint density at radius 2 is 2.38 bits per heavy atom. The molecule has 0 bridgehead atoms. The number of hydrogen-bond acceptors (Lipinski definition) is 4. The van der Waals surface area contributed by atoms with E-state index in [0.29, 0.717) is 12.5 Å². The second kappa shape index (κ2) is 5.78. The first-order chi connectivity index (χ1) is 10.0. The maximum absolute atomic E-state index is 6.45. The zero-order valence-electron chi connectivity index (χ0n) is 12.0. The van der Waals surface area contributed by atoms with E-state index >= 15 is 0 Å². The molecular weight excluding hydrogens is 354 g/mol. The Bertz CT molecular complexity index is 574. The standard InChI is InChI=1S/C15H19BrClN3O/c1-15(12-5-4-10(16)7-13(12)17)9-19-14(18)20(15)8-11-3-2-6-21-11/h4-5,7,11H,2-3,6,8-9H2,1H3,(H2,18,19). The molecule has 1 saturated heterocycles. The van der Waals surface area contributed by atoms with Crippen LogP contribution < -0.4 is 5.73 Å². The lowest BCUT2D eigenvalue weighted by Crippen LogP contribution is -2.50. The minimum Gasteiger partial charge on any atom is -0.376 e. The topological polar surface area (TPSA) is 50.8 Å². The van der Waals surface area contributed by atoms with Crippen LogP contribution in [0.3, 0.4) is 0 Å². The molecule has 1 aromatic carbocycles. The van der Waals surface area contributed by atoms with E-state index in [1.165, 1.54) is 0 Å². The molecule has 2 N–H and O–H groups in total. The van der Waals surface area contributed by atoms with Crippen molar-refractivity contribution in [1.29, 1.82) is 0 Å². The van der Waals surface area contributed by atoms with Crippen molar-refractivity contribution >= 4 is 33.5 Å². The maximum atomic E-state index is 6.45. The minimum absolute atomic E-state index is 0.227. The molecular formula is C15H19BrClN3O. The molecule has 1 aromatic rings. The van der Waals surface area contributed by atoms with Crippen molar-refractivity contribution in [3.8, 4) is 0 Å². The second-order valence-electron chi connectivity index (χ2n) is 5.82. The zero-order chi connectivity index (χ0) is 15.0. The number of aliphatic imine (C=N–C) groups is 1. The van der Waals surface area contributed by atoms with E-state index in [4.69, 9.17) is 22.1 Å². The van der Waals surface area contributed by atoms with E-state index in [1.54, 1.807) is 0 Å². The monoisotopic (exact) mass is 371 g/mol. The van der Waals surface area contributed by atoms with Crippen molar-refractivity contribution in [2.75, 3.05) is 19.7 Å². The number of halogens is 2. The van der Waals surface area contributed by atoms with E-state index in [9.17, 15) is 0 Å². The molecule has 2 unspecified atom stereocenters. The molecule has 2 aliphatic rings. The van der Waals surface area contributed by atoms with Gasteiger partial charge in [0.15, 0.2) is 5.96 Å². The number of nitrogens with zero attached hydrogens (tertiary/aromatic N) is 2. The van der Waals surface area contributed by atoms with Crippen LogP contribution in [-0.2, 0) is 10.3 Å². The number of hydrogen-bond donors (Lipinski definition) is 1. The molecule has 0 aliphatic carbocycles. The lowest BCUT2D eigenvalue weighted by molar-refractivity contribution is 0.0690. The Morgan fingerprint density at radius 3 is 3.05 bits per heavy atom. The first kappa shape index (κ1) is 15.1. The molecule has 3 rings (SSSR count). The highest BCUT2D eigenvalue weighted by Gasteiger charge is 2.42. The normalized spacial score (nSPS) is 29.0. The third kappa shape index (κ3) is 2.79. The van der Waals surface area contributed by atoms with Crippen LogP contribution in [-0.4, -0.2) is 36.7 Å². The summed E-state index contributed by atoms with van der Waals surface area (Å²) >= 11 is 9.90. The Hall–Kier alpha value is -0.780. The lowest BCUT2D eigenvalue weighted by Gasteiger charge is -2.38. The minimum atomic E-state index is -0.312. The zero-order valence-corrected chi connectivity index (χ0v) is 14.3. The largest absolute Gasteiger partial charge is 0.376 e. The number of rotatable bonds is 3. The third-order valence-corrected chi connectivity index (χ3v) is 5.15. The summed E-state index contributed by atoms with van der Waals surface area (Å²) in [5, 5.41) is 0.731. The number of guanidine groups is 1. The lowest BCUT2D eigenvalue weighted by atomic mass is 9.90. The van der Waals surface area contributed by atoms with Gasteiger partial charge < -0.3 is 15.4 Å². The molecule has 0 radical (unpaired) electrons. The average molecular weight is 373 g/mol. The molecule has 0 saturated carbocycles. The summed E-state index contributed by atoms with van der Waals surface area (Å²) in [5.74, 6) is 0.576. The van der Waals surface area contributed by atoms with Gasteiger partial charge in [-0.15, -0.1) is 0 Å². The molecule has 6 heteroatoms. The summed E-state index contributed by atoms with van der Waals surface area (Å²) in [7, 11) is 0. The molecule has 2 atom stereocenters. The first-order valence-corrected chi connectivity index (χ1v) is 8.32. The maximum Gasteiger partial charge on any atom is 0.192 e. The number of nitrogens with two attached hydrogens (primary N) is 1. The van der Waals surface area contributed by atoms with Crippen LogP contribution in [0.1, 0.15) is 25.3 Å². The average Bonchev–Trinajstić information content (AvgIpc) is 3.03. The smallest absolute Gasteiger partial charge is 0.192 e. The van der Waals surface area contributed by atoms with Crippen LogP contribution in [0.4, 0.5) is 0 Å². The van der Waals surface area contributed by atoms with Crippen LogP contribution in [0, 0.1) is 0 Å². The summed E-state index contributed by atoms with van der Waals surface area (Å²) in [6.07, 6.45) is 2.42. The van der Waals surface area contributed by atoms with Gasteiger partial charge in [0, 0.05) is 22.6 Å². The predicted molar refractivity (Wildman–Crippen MR) is 88.7 cm³/mol. The fraction of sp³-hybridized carbons (Fsp3) is 0.533. The van der Waals surface area contributed by atoms with Crippen molar-refractivity contribution in [3.05, 3.63) is 33.3 Å². The Kier molecular flexibility index (Phi) is 4.17. The Morgan fingerprint density at radius 1 is 1.57 bits per heavy atom. The van der Waals surface area contributed by atoms with E-state index in [-0.39, 0.29) is 11.6 Å². The summed E-state index contributed by atoms with van der Waals surface area (Å²) in [4.78, 5) is 6.58. The van der Waals surface area contributed by atoms with Gasteiger partial charge in [0.05, 0.1) is 18.2 Å². The van der Waals surface area contributed by atoms with Crippen LogP contribution >= 0.6 is 27.5 Å². The van der Waals surface area contributed by atoms with E-state index in [0.717, 1.165) is 41.1 Å². The summed E-state index contributed by atoms with van der Waals surface area (Å²) in [6.45, 7) is 4.36. The van der Waals surface area contributed by atoms with Crippen LogP contribution in [0.2, 0.25) is 5.02 Å². The van der Waals surface area contributed by atoms with Gasteiger partial charge in [-0.2, -0.15) is 0 Å². The second-order valence-corrected chi connectivity index (χ2v) is 7.14. The summed E-state index contributed by atoms with van der Waals surface area (Å²) in [6, 6.07) is 5.97. The SMILES string of the molecule is CC1(c2ccc(Br)cc2Cl)CN=C(N)N1CC1CCCO1. The Balaban J connectivity index is 1.90. The molecule has 0 spiro atoms. The van der Waals surface area contributed by atoms with Crippen molar-refractivity contribution in [2.45, 2.75) is 31.4 Å². The van der Waals surface area contributed by atoms with Gasteiger partial charge in [0.25, 0.3) is 0 Å². The van der Waals surface area contributed by atoms with Crippen molar-refractivity contribution in [2.24, 2.45) is 10.7 Å². The van der Waals surface area contributed by atoms with Gasteiger partial charge in [0.2, 0.25) is 0 Å². The van der Waals surface area contributed by atoms with Crippen molar-refractivity contribution in [3.63, 3.8) is 0 Å². The highest BCUT2D eigenvalue weighted by molar-refractivity contribution is 9.10. The van der Waals surface area contributed by atoms with Crippen LogP contribution in [0.5, 0.6) is 0 Å². The molecule has 2 aliphatic heterocycles. The number of benzene rings is 1. The first-order valence-electron chi connectivity index (χ1n) is 7.15. The molecule has 114 valence electrons.